The number of para-hydroxylation sites is 1. The molecular formula is C18H28N2O4. The van der Waals surface area contributed by atoms with E-state index in [1.807, 2.05) is 32.0 Å². The third-order valence-corrected chi connectivity index (χ3v) is 3.85. The second-order valence-electron chi connectivity index (χ2n) is 5.39. The van der Waals surface area contributed by atoms with E-state index in [0.29, 0.717) is 26.3 Å². The average Bonchev–Trinajstić information content (AvgIpc) is 2.61. The van der Waals surface area contributed by atoms with Crippen LogP contribution in [-0.4, -0.2) is 57.2 Å². The first-order valence-corrected chi connectivity index (χ1v) is 8.27. The molecule has 0 bridgehead atoms. The molecule has 1 aromatic rings. The van der Waals surface area contributed by atoms with Gasteiger partial charge in [-0.1, -0.05) is 32.0 Å². The van der Waals surface area contributed by atoms with Crippen LogP contribution in [0.2, 0.25) is 0 Å². The van der Waals surface area contributed by atoms with E-state index in [4.69, 9.17) is 9.47 Å². The number of aryl methyl sites for hydroxylation is 2. The molecule has 134 valence electrons. The van der Waals surface area contributed by atoms with Gasteiger partial charge in [-0.15, -0.1) is 0 Å². The molecule has 0 radical (unpaired) electrons. The lowest BCUT2D eigenvalue weighted by atomic mass is 10.0. The highest BCUT2D eigenvalue weighted by Crippen LogP contribution is 2.22. The summed E-state index contributed by atoms with van der Waals surface area (Å²) in [5.74, 6) is -1.20. The van der Waals surface area contributed by atoms with Gasteiger partial charge in [0.15, 0.2) is 0 Å². The van der Waals surface area contributed by atoms with Crippen molar-refractivity contribution in [3.05, 3.63) is 29.3 Å². The van der Waals surface area contributed by atoms with Gasteiger partial charge >= 0.3 is 11.8 Å². The van der Waals surface area contributed by atoms with Crippen LogP contribution in [0, 0.1) is 0 Å². The number of amides is 2. The second-order valence-corrected chi connectivity index (χ2v) is 5.39. The van der Waals surface area contributed by atoms with Crippen LogP contribution >= 0.6 is 0 Å². The van der Waals surface area contributed by atoms with Gasteiger partial charge in [0.2, 0.25) is 0 Å². The van der Waals surface area contributed by atoms with Crippen molar-refractivity contribution in [3.63, 3.8) is 0 Å². The van der Waals surface area contributed by atoms with E-state index < -0.39 is 11.8 Å². The summed E-state index contributed by atoms with van der Waals surface area (Å²) in [6.45, 7) is 5.48. The van der Waals surface area contributed by atoms with Crippen molar-refractivity contribution in [2.24, 2.45) is 0 Å². The van der Waals surface area contributed by atoms with Gasteiger partial charge in [-0.3, -0.25) is 9.59 Å². The summed E-state index contributed by atoms with van der Waals surface area (Å²) in [7, 11) is 3.12. The van der Waals surface area contributed by atoms with Gasteiger partial charge in [0.05, 0.1) is 13.2 Å². The van der Waals surface area contributed by atoms with E-state index >= 15 is 0 Å². The Bertz CT molecular complexity index is 516. The Labute approximate surface area is 144 Å². The molecular weight excluding hydrogens is 308 g/mol. The number of anilines is 1. The number of benzene rings is 1. The van der Waals surface area contributed by atoms with Gasteiger partial charge in [-0.2, -0.15) is 0 Å². The summed E-state index contributed by atoms with van der Waals surface area (Å²) in [6.07, 6.45) is 1.57. The Morgan fingerprint density at radius 3 is 1.92 bits per heavy atom. The fourth-order valence-corrected chi connectivity index (χ4v) is 2.43. The largest absolute Gasteiger partial charge is 0.383 e. The molecule has 0 aliphatic carbocycles. The predicted molar refractivity (Wildman–Crippen MR) is 94.2 cm³/mol. The van der Waals surface area contributed by atoms with Crippen molar-refractivity contribution in [2.45, 2.75) is 26.7 Å². The maximum atomic E-state index is 12.5. The zero-order valence-corrected chi connectivity index (χ0v) is 15.1. The van der Waals surface area contributed by atoms with Crippen molar-refractivity contribution < 1.29 is 19.1 Å². The van der Waals surface area contributed by atoms with Gasteiger partial charge in [0, 0.05) is 33.0 Å². The fraction of sp³-hybridized carbons (Fsp3) is 0.556. The number of nitrogens with one attached hydrogen (secondary N) is 1. The maximum Gasteiger partial charge on any atom is 0.313 e. The Morgan fingerprint density at radius 2 is 1.50 bits per heavy atom. The summed E-state index contributed by atoms with van der Waals surface area (Å²) >= 11 is 0. The van der Waals surface area contributed by atoms with Crippen LogP contribution in [0.3, 0.4) is 0 Å². The molecule has 0 heterocycles. The third kappa shape index (κ3) is 5.62. The summed E-state index contributed by atoms with van der Waals surface area (Å²) in [4.78, 5) is 26.3. The van der Waals surface area contributed by atoms with Gasteiger partial charge in [0.25, 0.3) is 0 Å². The highest BCUT2D eigenvalue weighted by Gasteiger charge is 2.23. The smallest absolute Gasteiger partial charge is 0.313 e. The number of methoxy groups -OCH3 is 2. The number of carbonyl (C=O) groups excluding carboxylic acids is 2. The summed E-state index contributed by atoms with van der Waals surface area (Å²) in [5.41, 5.74) is 2.80. The number of rotatable bonds is 9. The molecule has 0 aromatic heterocycles. The Kier molecular flexibility index (Phi) is 9.04. The first-order chi connectivity index (χ1) is 11.6. The van der Waals surface area contributed by atoms with E-state index in [-0.39, 0.29) is 0 Å². The van der Waals surface area contributed by atoms with E-state index in [0.717, 1.165) is 29.7 Å². The number of nitrogens with zero attached hydrogens (tertiary/aromatic N) is 1. The van der Waals surface area contributed by atoms with Gasteiger partial charge in [0.1, 0.15) is 0 Å². The molecule has 6 nitrogen and oxygen atoms in total. The minimum atomic E-state index is -0.627. The van der Waals surface area contributed by atoms with Crippen molar-refractivity contribution in [3.8, 4) is 0 Å². The first kappa shape index (κ1) is 20.1. The number of hydrogen-bond donors (Lipinski definition) is 1. The molecule has 0 unspecified atom stereocenters. The Morgan fingerprint density at radius 1 is 1.00 bits per heavy atom. The lowest BCUT2D eigenvalue weighted by Crippen LogP contribution is -2.43. The first-order valence-electron chi connectivity index (χ1n) is 8.27. The lowest BCUT2D eigenvalue weighted by molar-refractivity contribution is -0.144. The van der Waals surface area contributed by atoms with E-state index in [1.165, 1.54) is 4.90 Å². The molecule has 24 heavy (non-hydrogen) atoms. The molecule has 1 aromatic carbocycles. The normalized spacial score (nSPS) is 10.5. The number of carbonyl (C=O) groups is 2. The highest BCUT2D eigenvalue weighted by atomic mass is 16.5. The van der Waals surface area contributed by atoms with Gasteiger partial charge < -0.3 is 19.7 Å². The zero-order chi connectivity index (χ0) is 17.9. The number of hydrogen-bond acceptors (Lipinski definition) is 4. The average molecular weight is 336 g/mol. The minimum absolute atomic E-state index is 0.349. The highest BCUT2D eigenvalue weighted by molar-refractivity contribution is 6.39. The molecule has 0 atom stereocenters. The second kappa shape index (κ2) is 10.8. The van der Waals surface area contributed by atoms with E-state index in [9.17, 15) is 9.59 Å². The fourth-order valence-electron chi connectivity index (χ4n) is 2.43. The van der Waals surface area contributed by atoms with Crippen molar-refractivity contribution in [1.29, 1.82) is 0 Å². The standard InChI is InChI=1S/C18H28N2O4/c1-5-14-8-7-9-15(6-2)16(14)19-17(21)18(22)20(10-12-23-3)11-13-24-4/h7-9H,5-6,10-13H2,1-4H3,(H,19,21). The zero-order valence-electron chi connectivity index (χ0n) is 15.1. The van der Waals surface area contributed by atoms with Crippen LogP contribution in [0.1, 0.15) is 25.0 Å². The van der Waals surface area contributed by atoms with Crippen LogP contribution in [0.4, 0.5) is 5.69 Å². The maximum absolute atomic E-state index is 12.5. The molecule has 2 amide bonds. The van der Waals surface area contributed by atoms with Crippen molar-refractivity contribution >= 4 is 17.5 Å². The summed E-state index contributed by atoms with van der Waals surface area (Å²) in [5, 5.41) is 2.80. The molecule has 1 rings (SSSR count). The topological polar surface area (TPSA) is 67.9 Å². The molecule has 0 aliphatic heterocycles. The van der Waals surface area contributed by atoms with Crippen molar-refractivity contribution in [1.82, 2.24) is 4.90 Å². The quantitative estimate of drug-likeness (QED) is 0.699. The molecule has 0 saturated heterocycles. The van der Waals surface area contributed by atoms with Crippen LogP contribution in [0.5, 0.6) is 0 Å². The van der Waals surface area contributed by atoms with Crippen LogP contribution in [0.25, 0.3) is 0 Å². The Hall–Kier alpha value is -1.92. The van der Waals surface area contributed by atoms with E-state index in [1.54, 1.807) is 14.2 Å². The monoisotopic (exact) mass is 336 g/mol. The molecule has 0 aliphatic rings. The van der Waals surface area contributed by atoms with Gasteiger partial charge in [-0.25, -0.2) is 0 Å². The molecule has 0 saturated carbocycles. The Balaban J connectivity index is 2.90. The van der Waals surface area contributed by atoms with Crippen LogP contribution in [0.15, 0.2) is 18.2 Å². The third-order valence-electron chi connectivity index (χ3n) is 3.85. The lowest BCUT2D eigenvalue weighted by Gasteiger charge is -2.22. The molecule has 0 fully saturated rings. The molecule has 1 N–H and O–H groups in total. The van der Waals surface area contributed by atoms with E-state index in [2.05, 4.69) is 5.32 Å². The van der Waals surface area contributed by atoms with Crippen LogP contribution < -0.4 is 5.32 Å². The summed E-state index contributed by atoms with van der Waals surface area (Å²) < 4.78 is 10.0. The SMILES string of the molecule is CCc1cccc(CC)c1NC(=O)C(=O)N(CCOC)CCOC. The van der Waals surface area contributed by atoms with Gasteiger partial charge in [-0.05, 0) is 24.0 Å². The summed E-state index contributed by atoms with van der Waals surface area (Å²) in [6, 6.07) is 5.90. The molecule has 6 heteroatoms. The predicted octanol–water partition coefficient (Wildman–Crippen LogP) is 1.87. The van der Waals surface area contributed by atoms with Crippen molar-refractivity contribution in [2.75, 3.05) is 45.8 Å². The molecule has 0 spiro atoms. The van der Waals surface area contributed by atoms with Crippen LogP contribution in [-0.2, 0) is 31.9 Å². The minimum Gasteiger partial charge on any atom is -0.383 e. The number of ether oxygens (including phenoxy) is 2.